The number of hydrogen-bond acceptors (Lipinski definition) is 3. The van der Waals surface area contributed by atoms with Crippen LogP contribution in [0.1, 0.15) is 12.5 Å². The fraction of sp³-hybridized carbons (Fsp3) is 0.500. The summed E-state index contributed by atoms with van der Waals surface area (Å²) in [7, 11) is 0. The highest BCUT2D eigenvalue weighted by Gasteiger charge is 2.17. The van der Waals surface area contributed by atoms with E-state index in [4.69, 9.17) is 14.2 Å². The summed E-state index contributed by atoms with van der Waals surface area (Å²) >= 11 is 0. The van der Waals surface area contributed by atoms with E-state index in [1.165, 1.54) is 5.56 Å². The Morgan fingerprint density at radius 2 is 2.00 bits per heavy atom. The van der Waals surface area contributed by atoms with E-state index in [9.17, 15) is 0 Å². The Morgan fingerprint density at radius 3 is 2.73 bits per heavy atom. The first-order chi connectivity index (χ1) is 7.29. The van der Waals surface area contributed by atoms with Crippen LogP contribution in [0.5, 0.6) is 11.5 Å². The fourth-order valence-corrected chi connectivity index (χ4v) is 1.59. The first-order valence-electron chi connectivity index (χ1n) is 5.27. The zero-order valence-corrected chi connectivity index (χ0v) is 9.16. The molecule has 82 valence electrons. The van der Waals surface area contributed by atoms with Gasteiger partial charge in [-0.3, -0.25) is 0 Å². The Bertz CT molecular complexity index is 336. The van der Waals surface area contributed by atoms with Gasteiger partial charge in [0.05, 0.1) is 0 Å². The number of ether oxygens (including phenoxy) is 3. The maximum absolute atomic E-state index is 5.64. The van der Waals surface area contributed by atoms with Gasteiger partial charge in [0.2, 0.25) is 0 Å². The summed E-state index contributed by atoms with van der Waals surface area (Å²) in [4.78, 5) is 0. The second kappa shape index (κ2) is 4.53. The van der Waals surface area contributed by atoms with E-state index in [0.717, 1.165) is 11.5 Å². The van der Waals surface area contributed by atoms with Crippen molar-refractivity contribution >= 4 is 0 Å². The third-order valence-corrected chi connectivity index (χ3v) is 2.35. The molecule has 1 aromatic carbocycles. The number of aryl methyl sites for hydroxylation is 1. The standard InChI is InChI=1S/C12H16O3/c1-3-13-10-7-14-11-5-4-9(2)6-12(11)15-8-10/h4-6,10H,3,7-8H2,1-2H3. The van der Waals surface area contributed by atoms with Crippen LogP contribution in [-0.4, -0.2) is 25.9 Å². The third-order valence-electron chi connectivity index (χ3n) is 2.35. The van der Waals surface area contributed by atoms with E-state index in [2.05, 4.69) is 0 Å². The van der Waals surface area contributed by atoms with Crippen molar-refractivity contribution in [3.05, 3.63) is 23.8 Å². The molecule has 0 saturated carbocycles. The van der Waals surface area contributed by atoms with Crippen LogP contribution >= 0.6 is 0 Å². The SMILES string of the molecule is CCOC1COc2ccc(C)cc2OC1. The Morgan fingerprint density at radius 1 is 1.27 bits per heavy atom. The highest BCUT2D eigenvalue weighted by atomic mass is 16.6. The molecule has 0 saturated heterocycles. The van der Waals surface area contributed by atoms with Crippen molar-refractivity contribution in [1.29, 1.82) is 0 Å². The molecule has 0 fully saturated rings. The van der Waals surface area contributed by atoms with Crippen LogP contribution in [-0.2, 0) is 4.74 Å². The minimum atomic E-state index is 0.0303. The molecule has 1 heterocycles. The molecule has 1 unspecified atom stereocenters. The molecule has 3 nitrogen and oxygen atoms in total. The van der Waals surface area contributed by atoms with Crippen LogP contribution < -0.4 is 9.47 Å². The third kappa shape index (κ3) is 2.42. The molecule has 1 atom stereocenters. The zero-order chi connectivity index (χ0) is 10.7. The van der Waals surface area contributed by atoms with Gasteiger partial charge in [0, 0.05) is 6.61 Å². The predicted molar refractivity (Wildman–Crippen MR) is 57.6 cm³/mol. The summed E-state index contributed by atoms with van der Waals surface area (Å²) in [5.41, 5.74) is 1.17. The van der Waals surface area contributed by atoms with Crippen molar-refractivity contribution in [2.75, 3.05) is 19.8 Å². The topological polar surface area (TPSA) is 27.7 Å². The molecule has 0 aromatic heterocycles. The van der Waals surface area contributed by atoms with Crippen LogP contribution in [0.25, 0.3) is 0 Å². The van der Waals surface area contributed by atoms with Crippen molar-refractivity contribution in [3.8, 4) is 11.5 Å². The Labute approximate surface area is 90.0 Å². The maximum Gasteiger partial charge on any atom is 0.161 e. The summed E-state index contributed by atoms with van der Waals surface area (Å²) in [5, 5.41) is 0. The van der Waals surface area contributed by atoms with Gasteiger partial charge in [-0.2, -0.15) is 0 Å². The van der Waals surface area contributed by atoms with Crippen LogP contribution in [0.2, 0.25) is 0 Å². The monoisotopic (exact) mass is 208 g/mol. The highest BCUT2D eigenvalue weighted by Crippen LogP contribution is 2.30. The molecule has 1 aliphatic heterocycles. The second-order valence-corrected chi connectivity index (χ2v) is 3.65. The van der Waals surface area contributed by atoms with Crippen molar-refractivity contribution in [2.45, 2.75) is 20.0 Å². The zero-order valence-electron chi connectivity index (χ0n) is 9.16. The molecule has 0 bridgehead atoms. The second-order valence-electron chi connectivity index (χ2n) is 3.65. The molecule has 2 rings (SSSR count). The molecule has 1 aromatic rings. The molecular weight excluding hydrogens is 192 g/mol. The van der Waals surface area contributed by atoms with Crippen LogP contribution in [0.3, 0.4) is 0 Å². The van der Waals surface area contributed by atoms with Gasteiger partial charge in [-0.1, -0.05) is 6.07 Å². The van der Waals surface area contributed by atoms with Crippen LogP contribution in [0.15, 0.2) is 18.2 Å². The van der Waals surface area contributed by atoms with Crippen LogP contribution in [0.4, 0.5) is 0 Å². The van der Waals surface area contributed by atoms with Gasteiger partial charge in [0.1, 0.15) is 19.3 Å². The van der Waals surface area contributed by atoms with Gasteiger partial charge in [0.15, 0.2) is 11.5 Å². The number of hydrogen-bond donors (Lipinski definition) is 0. The fourth-order valence-electron chi connectivity index (χ4n) is 1.59. The minimum Gasteiger partial charge on any atom is -0.487 e. The van der Waals surface area contributed by atoms with Crippen LogP contribution in [0, 0.1) is 6.92 Å². The van der Waals surface area contributed by atoms with Crippen molar-refractivity contribution in [2.24, 2.45) is 0 Å². The first kappa shape index (κ1) is 10.3. The lowest BCUT2D eigenvalue weighted by Crippen LogP contribution is -2.26. The van der Waals surface area contributed by atoms with Crippen molar-refractivity contribution in [3.63, 3.8) is 0 Å². The van der Waals surface area contributed by atoms with Gasteiger partial charge in [0.25, 0.3) is 0 Å². The molecular formula is C12H16O3. The molecule has 3 heteroatoms. The van der Waals surface area contributed by atoms with Gasteiger partial charge in [-0.25, -0.2) is 0 Å². The van der Waals surface area contributed by atoms with Crippen molar-refractivity contribution < 1.29 is 14.2 Å². The van der Waals surface area contributed by atoms with E-state index in [0.29, 0.717) is 19.8 Å². The van der Waals surface area contributed by atoms with E-state index in [-0.39, 0.29) is 6.10 Å². The molecule has 0 amide bonds. The minimum absolute atomic E-state index is 0.0303. The number of fused-ring (bicyclic) bond motifs is 1. The molecule has 0 spiro atoms. The molecule has 15 heavy (non-hydrogen) atoms. The lowest BCUT2D eigenvalue weighted by atomic mass is 10.2. The predicted octanol–water partition coefficient (Wildman–Crippen LogP) is 2.17. The highest BCUT2D eigenvalue weighted by molar-refractivity contribution is 5.43. The smallest absolute Gasteiger partial charge is 0.161 e. The number of benzene rings is 1. The molecule has 0 N–H and O–H groups in total. The van der Waals surface area contributed by atoms with E-state index < -0.39 is 0 Å². The summed E-state index contributed by atoms with van der Waals surface area (Å²) in [6, 6.07) is 5.95. The average Bonchev–Trinajstić information content (AvgIpc) is 2.42. The van der Waals surface area contributed by atoms with Crippen molar-refractivity contribution in [1.82, 2.24) is 0 Å². The Balaban J connectivity index is 2.11. The average molecular weight is 208 g/mol. The number of rotatable bonds is 2. The summed E-state index contributed by atoms with van der Waals surface area (Å²) in [6.45, 7) is 5.82. The Hall–Kier alpha value is -1.22. The summed E-state index contributed by atoms with van der Waals surface area (Å²) < 4.78 is 16.7. The van der Waals surface area contributed by atoms with Gasteiger partial charge < -0.3 is 14.2 Å². The molecule has 0 radical (unpaired) electrons. The summed E-state index contributed by atoms with van der Waals surface area (Å²) in [6.07, 6.45) is 0.0303. The largest absolute Gasteiger partial charge is 0.487 e. The lowest BCUT2D eigenvalue weighted by molar-refractivity contribution is 0.00941. The molecule has 0 aliphatic carbocycles. The van der Waals surface area contributed by atoms with E-state index >= 15 is 0 Å². The van der Waals surface area contributed by atoms with E-state index in [1.807, 2.05) is 32.0 Å². The summed E-state index contributed by atoms with van der Waals surface area (Å²) in [5.74, 6) is 1.63. The maximum atomic E-state index is 5.64. The normalized spacial score (nSPS) is 19.7. The first-order valence-corrected chi connectivity index (χ1v) is 5.27. The Kier molecular flexibility index (Phi) is 3.11. The van der Waals surface area contributed by atoms with Gasteiger partial charge in [-0.05, 0) is 31.5 Å². The van der Waals surface area contributed by atoms with Gasteiger partial charge in [-0.15, -0.1) is 0 Å². The molecule has 1 aliphatic rings. The quantitative estimate of drug-likeness (QED) is 0.745. The van der Waals surface area contributed by atoms with E-state index in [1.54, 1.807) is 0 Å². The van der Waals surface area contributed by atoms with Gasteiger partial charge >= 0.3 is 0 Å². The lowest BCUT2D eigenvalue weighted by Gasteiger charge is -2.12.